The standard InChI is InChI=1S/C23H21N3O7/c1-31-21-10-18-17(9-14(21)23(28)33-3)24-11-15-16(25-18)6-13(7-20(15)27)12-4-5-19(26(29)30)22(8-12)32-2/h4-6,8-10,24-25H,7,11H2,1-3H3. The minimum absolute atomic E-state index is 0.0900. The smallest absolute Gasteiger partial charge is 0.341 e. The van der Waals surface area contributed by atoms with Gasteiger partial charge < -0.3 is 24.8 Å². The molecule has 0 unspecified atom stereocenters. The molecule has 1 heterocycles. The number of carbonyl (C=O) groups excluding carboxylic acids is 2. The maximum absolute atomic E-state index is 13.0. The highest BCUT2D eigenvalue weighted by Gasteiger charge is 2.27. The molecular formula is C23H21N3O7. The number of rotatable bonds is 5. The van der Waals surface area contributed by atoms with E-state index >= 15 is 0 Å². The number of hydrogen-bond donors (Lipinski definition) is 2. The lowest BCUT2D eigenvalue weighted by Gasteiger charge is -2.19. The van der Waals surface area contributed by atoms with E-state index in [0.29, 0.717) is 39.5 Å². The number of carbonyl (C=O) groups is 2. The third kappa shape index (κ3) is 3.98. The van der Waals surface area contributed by atoms with E-state index in [1.165, 1.54) is 27.4 Å². The highest BCUT2D eigenvalue weighted by atomic mass is 16.6. The van der Waals surface area contributed by atoms with E-state index < -0.39 is 10.9 Å². The first-order valence-corrected chi connectivity index (χ1v) is 9.97. The van der Waals surface area contributed by atoms with Gasteiger partial charge in [0.1, 0.15) is 11.3 Å². The van der Waals surface area contributed by atoms with E-state index in [4.69, 9.17) is 14.2 Å². The molecule has 4 rings (SSSR count). The highest BCUT2D eigenvalue weighted by Crippen LogP contribution is 2.39. The SMILES string of the molecule is COC(=O)c1cc2c(cc1OC)NC1=C(CN2)C(=O)CC(c2ccc([N+](=O)[O-])c(OC)c2)=C1. The quantitative estimate of drug-likeness (QED) is 0.398. The Kier molecular flexibility index (Phi) is 5.74. The van der Waals surface area contributed by atoms with Crippen LogP contribution in [-0.2, 0) is 9.53 Å². The zero-order valence-corrected chi connectivity index (χ0v) is 18.2. The number of fused-ring (bicyclic) bond motifs is 1. The Morgan fingerprint density at radius 1 is 1.06 bits per heavy atom. The van der Waals surface area contributed by atoms with Gasteiger partial charge in [0.2, 0.25) is 0 Å². The molecule has 10 heteroatoms. The third-order valence-corrected chi connectivity index (χ3v) is 5.55. The fraction of sp³-hybridized carbons (Fsp3) is 0.217. The van der Waals surface area contributed by atoms with Crippen LogP contribution >= 0.6 is 0 Å². The van der Waals surface area contributed by atoms with Crippen LogP contribution in [0.25, 0.3) is 5.57 Å². The average molecular weight is 451 g/mol. The normalized spacial score (nSPS) is 14.6. The molecule has 2 aromatic carbocycles. The van der Waals surface area contributed by atoms with E-state index in [-0.39, 0.29) is 35.7 Å². The van der Waals surface area contributed by atoms with Crippen molar-refractivity contribution in [3.8, 4) is 11.5 Å². The lowest BCUT2D eigenvalue weighted by atomic mass is 9.90. The van der Waals surface area contributed by atoms with Gasteiger partial charge >= 0.3 is 11.7 Å². The fourth-order valence-electron chi connectivity index (χ4n) is 3.86. The summed E-state index contributed by atoms with van der Waals surface area (Å²) in [4.78, 5) is 35.8. The summed E-state index contributed by atoms with van der Waals surface area (Å²) in [6.07, 6.45) is 1.98. The van der Waals surface area contributed by atoms with Crippen LogP contribution in [0.2, 0.25) is 0 Å². The molecule has 2 N–H and O–H groups in total. The van der Waals surface area contributed by atoms with E-state index in [1.54, 1.807) is 24.3 Å². The van der Waals surface area contributed by atoms with E-state index in [2.05, 4.69) is 10.6 Å². The van der Waals surface area contributed by atoms with Crippen molar-refractivity contribution in [1.29, 1.82) is 0 Å². The molecule has 0 saturated heterocycles. The van der Waals surface area contributed by atoms with Gasteiger partial charge in [-0.1, -0.05) is 0 Å². The summed E-state index contributed by atoms with van der Waals surface area (Å²) < 4.78 is 15.3. The Balaban J connectivity index is 1.74. The molecular weight excluding hydrogens is 430 g/mol. The molecule has 0 aromatic heterocycles. The van der Waals surface area contributed by atoms with E-state index in [9.17, 15) is 19.7 Å². The molecule has 0 bridgehead atoms. The second-order valence-electron chi connectivity index (χ2n) is 7.37. The van der Waals surface area contributed by atoms with Crippen molar-refractivity contribution in [3.63, 3.8) is 0 Å². The molecule has 10 nitrogen and oxygen atoms in total. The van der Waals surface area contributed by atoms with Gasteiger partial charge in [0.15, 0.2) is 11.5 Å². The molecule has 1 aliphatic heterocycles. The number of hydrogen-bond acceptors (Lipinski definition) is 9. The second kappa shape index (κ2) is 8.65. The summed E-state index contributed by atoms with van der Waals surface area (Å²) in [5, 5.41) is 17.6. The monoisotopic (exact) mass is 451 g/mol. The Labute approximate surface area is 189 Å². The zero-order valence-electron chi connectivity index (χ0n) is 18.2. The predicted molar refractivity (Wildman–Crippen MR) is 121 cm³/mol. The first-order chi connectivity index (χ1) is 15.9. The maximum atomic E-state index is 13.0. The minimum Gasteiger partial charge on any atom is -0.496 e. The van der Waals surface area contributed by atoms with Crippen molar-refractivity contribution in [3.05, 3.63) is 68.9 Å². The van der Waals surface area contributed by atoms with E-state index in [1.807, 2.05) is 6.08 Å². The predicted octanol–water partition coefficient (Wildman–Crippen LogP) is 3.55. The molecule has 0 atom stereocenters. The van der Waals surface area contributed by atoms with Crippen LogP contribution in [0.5, 0.6) is 11.5 Å². The molecule has 1 aliphatic carbocycles. The van der Waals surface area contributed by atoms with Crippen molar-refractivity contribution < 1.29 is 28.7 Å². The molecule has 2 aromatic rings. The van der Waals surface area contributed by atoms with Gasteiger partial charge in [-0.25, -0.2) is 4.79 Å². The third-order valence-electron chi connectivity index (χ3n) is 5.55. The van der Waals surface area contributed by atoms with Gasteiger partial charge in [0.25, 0.3) is 0 Å². The lowest BCUT2D eigenvalue weighted by molar-refractivity contribution is -0.385. The number of methoxy groups -OCH3 is 3. The first kappa shape index (κ1) is 21.9. The number of nitro benzene ring substituents is 1. The summed E-state index contributed by atoms with van der Waals surface area (Å²) in [5.41, 5.74) is 3.84. The Bertz CT molecular complexity index is 1250. The van der Waals surface area contributed by atoms with Crippen molar-refractivity contribution in [1.82, 2.24) is 0 Å². The fourth-order valence-corrected chi connectivity index (χ4v) is 3.86. The summed E-state index contributed by atoms with van der Waals surface area (Å²) in [6.45, 7) is 0.258. The van der Waals surface area contributed by atoms with Gasteiger partial charge in [-0.05, 0) is 35.4 Å². The van der Waals surface area contributed by atoms with Crippen LogP contribution in [-0.4, -0.2) is 44.6 Å². The van der Waals surface area contributed by atoms with Crippen LogP contribution < -0.4 is 20.1 Å². The maximum Gasteiger partial charge on any atom is 0.341 e. The largest absolute Gasteiger partial charge is 0.496 e. The number of nitrogens with one attached hydrogen (secondary N) is 2. The Morgan fingerprint density at radius 3 is 2.48 bits per heavy atom. The van der Waals surface area contributed by atoms with Crippen LogP contribution in [0.15, 0.2) is 47.7 Å². The topological polar surface area (TPSA) is 129 Å². The number of benzene rings is 2. The van der Waals surface area contributed by atoms with Crippen LogP contribution in [0.3, 0.4) is 0 Å². The molecule has 0 spiro atoms. The highest BCUT2D eigenvalue weighted by molar-refractivity contribution is 6.07. The number of allylic oxidation sites excluding steroid dienone is 2. The van der Waals surface area contributed by atoms with Crippen LogP contribution in [0.1, 0.15) is 22.3 Å². The number of nitro groups is 1. The summed E-state index contributed by atoms with van der Waals surface area (Å²) in [5.74, 6) is -0.187. The van der Waals surface area contributed by atoms with Crippen molar-refractivity contribution in [2.24, 2.45) is 0 Å². The van der Waals surface area contributed by atoms with Gasteiger partial charge in [-0.2, -0.15) is 0 Å². The number of Topliss-reactive ketones (excluding diaryl/α,β-unsaturated/α-hetero) is 1. The zero-order chi connectivity index (χ0) is 23.7. The van der Waals surface area contributed by atoms with E-state index in [0.717, 1.165) is 0 Å². The first-order valence-electron chi connectivity index (χ1n) is 9.97. The summed E-state index contributed by atoms with van der Waals surface area (Å²) in [6, 6.07) is 7.78. The van der Waals surface area contributed by atoms with Crippen LogP contribution in [0, 0.1) is 10.1 Å². The number of ether oxygens (including phenoxy) is 3. The minimum atomic E-state index is -0.538. The van der Waals surface area contributed by atoms with Gasteiger partial charge in [0, 0.05) is 36.4 Å². The lowest BCUT2D eigenvalue weighted by Crippen LogP contribution is -2.18. The van der Waals surface area contributed by atoms with Crippen molar-refractivity contribution in [2.45, 2.75) is 6.42 Å². The number of nitrogens with zero attached hydrogens (tertiary/aromatic N) is 1. The summed E-state index contributed by atoms with van der Waals surface area (Å²) >= 11 is 0. The molecule has 2 aliphatic rings. The second-order valence-corrected chi connectivity index (χ2v) is 7.37. The van der Waals surface area contributed by atoms with Crippen molar-refractivity contribution in [2.75, 3.05) is 38.5 Å². The molecule has 0 saturated carbocycles. The van der Waals surface area contributed by atoms with Crippen molar-refractivity contribution >= 4 is 34.4 Å². The number of anilines is 2. The molecule has 33 heavy (non-hydrogen) atoms. The number of esters is 1. The average Bonchev–Trinajstić information content (AvgIpc) is 3.00. The Morgan fingerprint density at radius 2 is 1.82 bits per heavy atom. The van der Waals surface area contributed by atoms with Gasteiger partial charge in [0.05, 0.1) is 37.6 Å². The van der Waals surface area contributed by atoms with Gasteiger partial charge in [-0.3, -0.25) is 14.9 Å². The molecule has 0 fully saturated rings. The molecule has 170 valence electrons. The van der Waals surface area contributed by atoms with Crippen LogP contribution in [0.4, 0.5) is 17.1 Å². The molecule has 0 radical (unpaired) electrons. The Hall–Kier alpha value is -4.34. The van der Waals surface area contributed by atoms with Gasteiger partial charge in [-0.15, -0.1) is 0 Å². The molecule has 0 amide bonds. The summed E-state index contributed by atoms with van der Waals surface area (Å²) in [7, 11) is 4.10. The number of ketones is 1.